The van der Waals surface area contributed by atoms with Crippen molar-refractivity contribution >= 4 is 21.9 Å². The highest BCUT2D eigenvalue weighted by Crippen LogP contribution is 2.34. The SMILES string of the molecule is COc1cccc2c1ncn2-c1nc(-n2ccc3cccnc3c2=O)c(-c2ccc(C(F)(F)F)cc2)o1. The molecule has 0 amide bonds. The van der Waals surface area contributed by atoms with Crippen LogP contribution in [0.25, 0.3) is 45.1 Å². The van der Waals surface area contributed by atoms with Gasteiger partial charge in [0.1, 0.15) is 23.1 Å². The van der Waals surface area contributed by atoms with Crippen LogP contribution in [0.2, 0.25) is 0 Å². The number of rotatable bonds is 4. The number of nitrogens with zero attached hydrogens (tertiary/aromatic N) is 5. The molecular weight excluding hydrogens is 487 g/mol. The number of aromatic nitrogens is 5. The van der Waals surface area contributed by atoms with Crippen LogP contribution in [-0.2, 0) is 6.18 Å². The number of methoxy groups -OCH3 is 1. The monoisotopic (exact) mass is 503 g/mol. The molecule has 0 atom stereocenters. The lowest BCUT2D eigenvalue weighted by Gasteiger charge is -2.08. The van der Waals surface area contributed by atoms with Gasteiger partial charge in [0.25, 0.3) is 5.56 Å². The van der Waals surface area contributed by atoms with Crippen LogP contribution in [0.3, 0.4) is 0 Å². The van der Waals surface area contributed by atoms with E-state index in [1.807, 2.05) is 0 Å². The number of alkyl halides is 3. The predicted molar refractivity (Wildman–Crippen MR) is 129 cm³/mol. The lowest BCUT2D eigenvalue weighted by atomic mass is 10.1. The third-order valence-electron chi connectivity index (χ3n) is 5.93. The fourth-order valence-corrected chi connectivity index (χ4v) is 4.13. The topological polar surface area (TPSA) is 88.0 Å². The van der Waals surface area contributed by atoms with Gasteiger partial charge in [0.15, 0.2) is 11.6 Å². The highest BCUT2D eigenvalue weighted by atomic mass is 19.4. The first-order valence-corrected chi connectivity index (χ1v) is 11.0. The van der Waals surface area contributed by atoms with Crippen molar-refractivity contribution in [2.24, 2.45) is 0 Å². The zero-order chi connectivity index (χ0) is 25.7. The third kappa shape index (κ3) is 3.71. The summed E-state index contributed by atoms with van der Waals surface area (Å²) in [5.41, 5.74) is 0.439. The lowest BCUT2D eigenvalue weighted by molar-refractivity contribution is -0.137. The maximum atomic E-state index is 13.3. The molecule has 4 aromatic heterocycles. The van der Waals surface area contributed by atoms with E-state index in [1.165, 1.54) is 42.5 Å². The van der Waals surface area contributed by atoms with Gasteiger partial charge in [0.05, 0.1) is 18.2 Å². The van der Waals surface area contributed by atoms with Crippen LogP contribution in [0.4, 0.5) is 13.2 Å². The Bertz CT molecular complexity index is 1840. The summed E-state index contributed by atoms with van der Waals surface area (Å²) >= 11 is 0. The fraction of sp³-hybridized carbons (Fsp3) is 0.0769. The molecule has 0 aliphatic carbocycles. The summed E-state index contributed by atoms with van der Waals surface area (Å²) in [6, 6.07) is 15.0. The summed E-state index contributed by atoms with van der Waals surface area (Å²) < 4.78 is 53.8. The molecule has 11 heteroatoms. The van der Waals surface area contributed by atoms with Gasteiger partial charge < -0.3 is 9.15 Å². The second-order valence-corrected chi connectivity index (χ2v) is 8.10. The minimum atomic E-state index is -4.50. The van der Waals surface area contributed by atoms with E-state index in [0.717, 1.165) is 12.1 Å². The smallest absolute Gasteiger partial charge is 0.416 e. The minimum absolute atomic E-state index is 0.0636. The highest BCUT2D eigenvalue weighted by Gasteiger charge is 2.30. The van der Waals surface area contributed by atoms with Crippen molar-refractivity contribution in [3.63, 3.8) is 0 Å². The van der Waals surface area contributed by atoms with Crippen LogP contribution in [-0.4, -0.2) is 31.2 Å². The zero-order valence-corrected chi connectivity index (χ0v) is 19.1. The molecule has 2 aromatic carbocycles. The second-order valence-electron chi connectivity index (χ2n) is 8.10. The van der Waals surface area contributed by atoms with Gasteiger partial charge in [-0.3, -0.25) is 18.9 Å². The summed E-state index contributed by atoms with van der Waals surface area (Å²) in [4.78, 5) is 26.5. The average molecular weight is 503 g/mol. The normalized spacial score (nSPS) is 11.9. The van der Waals surface area contributed by atoms with Gasteiger partial charge >= 0.3 is 12.2 Å². The number of para-hydroxylation sites is 1. The fourth-order valence-electron chi connectivity index (χ4n) is 4.13. The first-order valence-electron chi connectivity index (χ1n) is 11.0. The molecule has 0 N–H and O–H groups in total. The second kappa shape index (κ2) is 8.33. The molecule has 184 valence electrons. The number of hydrogen-bond donors (Lipinski definition) is 0. The minimum Gasteiger partial charge on any atom is -0.494 e. The molecule has 37 heavy (non-hydrogen) atoms. The van der Waals surface area contributed by atoms with E-state index in [2.05, 4.69) is 15.0 Å². The Kier molecular flexibility index (Phi) is 5.07. The molecule has 0 fully saturated rings. The molecule has 0 unspecified atom stereocenters. The molecule has 6 rings (SSSR count). The first-order chi connectivity index (χ1) is 17.8. The number of benzene rings is 2. The van der Waals surface area contributed by atoms with Crippen molar-refractivity contribution in [2.45, 2.75) is 6.18 Å². The van der Waals surface area contributed by atoms with Crippen molar-refractivity contribution in [3.05, 3.63) is 95.3 Å². The van der Waals surface area contributed by atoms with E-state index in [1.54, 1.807) is 41.0 Å². The summed E-state index contributed by atoms with van der Waals surface area (Å²) in [7, 11) is 1.53. The summed E-state index contributed by atoms with van der Waals surface area (Å²) in [6.45, 7) is 0. The Morgan fingerprint density at radius 2 is 1.73 bits per heavy atom. The van der Waals surface area contributed by atoms with Crippen molar-refractivity contribution in [3.8, 4) is 28.9 Å². The first kappa shape index (κ1) is 22.5. The van der Waals surface area contributed by atoms with Gasteiger partial charge in [0.2, 0.25) is 0 Å². The number of oxazole rings is 1. The van der Waals surface area contributed by atoms with Crippen LogP contribution in [0.15, 0.2) is 88.6 Å². The molecule has 8 nitrogen and oxygen atoms in total. The van der Waals surface area contributed by atoms with E-state index < -0.39 is 17.3 Å². The Morgan fingerprint density at radius 3 is 2.49 bits per heavy atom. The standard InChI is InChI=1S/C26H16F3N5O3/c1-36-19-6-2-5-18-21(19)31-14-34(18)25-32-23(33-13-11-15-4-3-12-30-20(15)24(33)35)22(37-25)16-7-9-17(10-8-16)26(27,28)29/h2-14H,1H3. The predicted octanol–water partition coefficient (Wildman–Crippen LogP) is 5.41. The number of hydrogen-bond acceptors (Lipinski definition) is 6. The zero-order valence-electron chi connectivity index (χ0n) is 19.1. The number of fused-ring (bicyclic) bond motifs is 2. The number of pyridine rings is 2. The number of ether oxygens (including phenoxy) is 1. The summed E-state index contributed by atoms with van der Waals surface area (Å²) in [5, 5.41) is 0.635. The van der Waals surface area contributed by atoms with Crippen molar-refractivity contribution in [1.29, 1.82) is 0 Å². The summed E-state index contributed by atoms with van der Waals surface area (Å²) in [5.74, 6) is 0.741. The van der Waals surface area contributed by atoms with Crippen LogP contribution in [0, 0.1) is 0 Å². The Balaban J connectivity index is 1.59. The van der Waals surface area contributed by atoms with E-state index >= 15 is 0 Å². The van der Waals surface area contributed by atoms with Gasteiger partial charge in [-0.05, 0) is 36.4 Å². The van der Waals surface area contributed by atoms with Gasteiger partial charge in [-0.1, -0.05) is 24.3 Å². The molecule has 0 aliphatic rings. The molecule has 0 aliphatic heterocycles. The molecule has 4 heterocycles. The van der Waals surface area contributed by atoms with Crippen LogP contribution in [0.5, 0.6) is 5.75 Å². The molecule has 0 saturated carbocycles. The Labute approximate surface area is 206 Å². The highest BCUT2D eigenvalue weighted by molar-refractivity contribution is 5.83. The van der Waals surface area contributed by atoms with Crippen molar-refractivity contribution in [2.75, 3.05) is 7.11 Å². The third-order valence-corrected chi connectivity index (χ3v) is 5.93. The van der Waals surface area contributed by atoms with Crippen molar-refractivity contribution < 1.29 is 22.3 Å². The Hall–Kier alpha value is -4.93. The molecular formula is C26H16F3N5O3. The largest absolute Gasteiger partial charge is 0.494 e. The van der Waals surface area contributed by atoms with Crippen molar-refractivity contribution in [1.82, 2.24) is 24.1 Å². The molecule has 0 bridgehead atoms. The molecule has 0 saturated heterocycles. The molecule has 6 aromatic rings. The summed E-state index contributed by atoms with van der Waals surface area (Å²) in [6.07, 6.45) is 0.0222. The van der Waals surface area contributed by atoms with E-state index in [4.69, 9.17) is 9.15 Å². The molecule has 0 spiro atoms. The van der Waals surface area contributed by atoms with Crippen LogP contribution in [0.1, 0.15) is 5.56 Å². The number of imidazole rings is 1. The number of halogens is 3. The van der Waals surface area contributed by atoms with Gasteiger partial charge in [-0.15, -0.1) is 0 Å². The molecule has 0 radical (unpaired) electrons. The average Bonchev–Trinajstić information content (AvgIpc) is 3.53. The maximum Gasteiger partial charge on any atom is 0.416 e. The van der Waals surface area contributed by atoms with Gasteiger partial charge in [-0.25, -0.2) is 4.98 Å². The maximum absolute atomic E-state index is 13.3. The van der Waals surface area contributed by atoms with Crippen LogP contribution >= 0.6 is 0 Å². The Morgan fingerprint density at radius 1 is 0.919 bits per heavy atom. The van der Waals surface area contributed by atoms with Crippen LogP contribution < -0.4 is 10.3 Å². The quantitative estimate of drug-likeness (QED) is 0.320. The lowest BCUT2D eigenvalue weighted by Crippen LogP contribution is -2.19. The van der Waals surface area contributed by atoms with Gasteiger partial charge in [0, 0.05) is 23.3 Å². The van der Waals surface area contributed by atoms with E-state index in [0.29, 0.717) is 27.7 Å². The van der Waals surface area contributed by atoms with E-state index in [-0.39, 0.29) is 23.1 Å². The van der Waals surface area contributed by atoms with Gasteiger partial charge in [-0.2, -0.15) is 18.2 Å². The van der Waals surface area contributed by atoms with E-state index in [9.17, 15) is 18.0 Å².